The van der Waals surface area contributed by atoms with E-state index in [1.807, 2.05) is 16.8 Å². The molecule has 0 atom stereocenters. The van der Waals surface area contributed by atoms with Crippen molar-refractivity contribution in [3.05, 3.63) is 21.7 Å². The van der Waals surface area contributed by atoms with Crippen LogP contribution in [0.3, 0.4) is 0 Å². The maximum Gasteiger partial charge on any atom is 0.348 e. The highest BCUT2D eigenvalue weighted by Gasteiger charge is 2.21. The lowest BCUT2D eigenvalue weighted by molar-refractivity contribution is 0.0703. The fraction of sp³-hybridized carbons (Fsp3) is 0.312. The molecule has 5 nitrogen and oxygen atoms in total. The van der Waals surface area contributed by atoms with Crippen molar-refractivity contribution >= 4 is 56.3 Å². The first kappa shape index (κ1) is 17.2. The van der Waals surface area contributed by atoms with Gasteiger partial charge in [-0.25, -0.2) is 14.8 Å². The maximum absolute atomic E-state index is 11.4. The van der Waals surface area contributed by atoms with Crippen LogP contribution in [-0.4, -0.2) is 26.8 Å². The second-order valence-corrected chi connectivity index (χ2v) is 8.09. The molecule has 3 heterocycles. The Hall–Kier alpha value is -1.64. The predicted octanol–water partition coefficient (Wildman–Crippen LogP) is 4.98. The van der Waals surface area contributed by atoms with Crippen LogP contribution in [0, 0.1) is 0 Å². The van der Waals surface area contributed by atoms with Crippen molar-refractivity contribution < 1.29 is 9.90 Å². The first-order chi connectivity index (χ1) is 11.6. The van der Waals surface area contributed by atoms with Crippen LogP contribution in [0.2, 0.25) is 0 Å². The van der Waals surface area contributed by atoms with Crippen molar-refractivity contribution in [2.75, 3.05) is 11.5 Å². The molecule has 0 radical (unpaired) electrons. The van der Waals surface area contributed by atoms with Crippen molar-refractivity contribution in [2.45, 2.75) is 31.3 Å². The highest BCUT2D eigenvalue weighted by molar-refractivity contribution is 7.99. The SMILES string of the molecule is CCCCCSc1nc(-c2ccsc2)c2c(N)c(C(=O)O)sc2n1. The number of thiophene rings is 2. The predicted molar refractivity (Wildman–Crippen MR) is 102 cm³/mol. The molecule has 3 N–H and O–H groups in total. The molecule has 0 bridgehead atoms. The number of carboxylic acids is 1. The molecule has 3 aromatic rings. The summed E-state index contributed by atoms with van der Waals surface area (Å²) in [6.45, 7) is 2.17. The number of nitrogen functional groups attached to an aromatic ring is 1. The first-order valence-electron chi connectivity index (χ1n) is 7.60. The molecule has 126 valence electrons. The number of unbranched alkanes of at least 4 members (excludes halogenated alkanes) is 2. The number of nitrogens with zero attached hydrogens (tertiary/aromatic N) is 2. The Labute approximate surface area is 151 Å². The van der Waals surface area contributed by atoms with Gasteiger partial charge in [-0.05, 0) is 17.9 Å². The van der Waals surface area contributed by atoms with Gasteiger partial charge in [-0.15, -0.1) is 11.3 Å². The third-order valence-corrected chi connectivity index (χ3v) is 6.24. The van der Waals surface area contributed by atoms with Gasteiger partial charge in [0.25, 0.3) is 0 Å². The molecule has 0 aliphatic heterocycles. The standard InChI is InChI=1S/C16H17N3O2S3/c1-2-3-4-6-23-16-18-12(9-5-7-22-8-9)10-11(17)13(15(20)21)24-14(10)19-16/h5,7-8H,2-4,6,17H2,1H3,(H,20,21). The van der Waals surface area contributed by atoms with E-state index in [4.69, 9.17) is 5.73 Å². The summed E-state index contributed by atoms with van der Waals surface area (Å²) in [4.78, 5) is 21.4. The molecule has 0 unspecified atom stereocenters. The van der Waals surface area contributed by atoms with E-state index in [0.717, 1.165) is 34.8 Å². The van der Waals surface area contributed by atoms with Crippen LogP contribution in [0.15, 0.2) is 22.0 Å². The number of carbonyl (C=O) groups is 1. The Morgan fingerprint density at radius 1 is 1.38 bits per heavy atom. The zero-order valence-corrected chi connectivity index (χ0v) is 15.6. The van der Waals surface area contributed by atoms with Crippen LogP contribution in [0.5, 0.6) is 0 Å². The average molecular weight is 380 g/mol. The minimum absolute atomic E-state index is 0.129. The van der Waals surface area contributed by atoms with Gasteiger partial charge < -0.3 is 10.8 Å². The van der Waals surface area contributed by atoms with Crippen LogP contribution in [0.4, 0.5) is 5.69 Å². The number of aromatic carboxylic acids is 1. The summed E-state index contributed by atoms with van der Waals surface area (Å²) in [6.07, 6.45) is 3.47. The molecule has 0 spiro atoms. The molecule has 3 rings (SSSR count). The fourth-order valence-corrected chi connectivity index (χ4v) is 4.82. The summed E-state index contributed by atoms with van der Waals surface area (Å²) in [5.41, 5.74) is 8.01. The summed E-state index contributed by atoms with van der Waals surface area (Å²) in [6, 6.07) is 1.97. The molecule has 0 amide bonds. The molecule has 0 aliphatic rings. The molecule has 0 aliphatic carbocycles. The van der Waals surface area contributed by atoms with Gasteiger partial charge in [-0.3, -0.25) is 0 Å². The Morgan fingerprint density at radius 2 is 2.21 bits per heavy atom. The van der Waals surface area contributed by atoms with E-state index in [0.29, 0.717) is 15.4 Å². The van der Waals surface area contributed by atoms with Gasteiger partial charge in [0.2, 0.25) is 0 Å². The quantitative estimate of drug-likeness (QED) is 0.342. The monoisotopic (exact) mass is 379 g/mol. The number of carboxylic acid groups (broad SMARTS) is 1. The minimum atomic E-state index is -1.02. The largest absolute Gasteiger partial charge is 0.477 e. The van der Waals surface area contributed by atoms with Crippen LogP contribution in [0.1, 0.15) is 35.9 Å². The van der Waals surface area contributed by atoms with E-state index < -0.39 is 5.97 Å². The van der Waals surface area contributed by atoms with Crippen molar-refractivity contribution in [3.8, 4) is 11.3 Å². The van der Waals surface area contributed by atoms with Gasteiger partial charge in [0.1, 0.15) is 9.71 Å². The van der Waals surface area contributed by atoms with Crippen molar-refractivity contribution in [2.24, 2.45) is 0 Å². The Kier molecular flexibility index (Phi) is 5.37. The number of hydrogen-bond donors (Lipinski definition) is 2. The summed E-state index contributed by atoms with van der Waals surface area (Å²) in [7, 11) is 0. The van der Waals surface area contributed by atoms with E-state index in [-0.39, 0.29) is 10.6 Å². The van der Waals surface area contributed by atoms with E-state index in [1.54, 1.807) is 23.1 Å². The summed E-state index contributed by atoms with van der Waals surface area (Å²) in [5.74, 6) is -0.0707. The van der Waals surface area contributed by atoms with Gasteiger partial charge in [-0.2, -0.15) is 11.3 Å². The zero-order valence-electron chi connectivity index (χ0n) is 13.1. The van der Waals surface area contributed by atoms with Gasteiger partial charge in [0.15, 0.2) is 5.16 Å². The lowest BCUT2D eigenvalue weighted by Gasteiger charge is -2.05. The molecule has 0 saturated carbocycles. The molecule has 24 heavy (non-hydrogen) atoms. The highest BCUT2D eigenvalue weighted by Crippen LogP contribution is 2.39. The van der Waals surface area contributed by atoms with Crippen molar-refractivity contribution in [1.82, 2.24) is 9.97 Å². The normalized spacial score (nSPS) is 11.2. The Morgan fingerprint density at radius 3 is 2.88 bits per heavy atom. The second-order valence-electron chi connectivity index (χ2n) is 5.25. The number of aromatic nitrogens is 2. The van der Waals surface area contributed by atoms with Crippen LogP contribution in [0.25, 0.3) is 21.5 Å². The molecule has 3 aromatic heterocycles. The number of hydrogen-bond acceptors (Lipinski definition) is 7. The van der Waals surface area contributed by atoms with Gasteiger partial charge >= 0.3 is 5.97 Å². The van der Waals surface area contributed by atoms with Gasteiger partial charge in [-0.1, -0.05) is 31.5 Å². The molecule has 0 aromatic carbocycles. The third kappa shape index (κ3) is 3.40. The maximum atomic E-state index is 11.4. The zero-order chi connectivity index (χ0) is 17.1. The molecule has 0 saturated heterocycles. The smallest absolute Gasteiger partial charge is 0.348 e. The fourth-order valence-electron chi connectivity index (χ4n) is 2.35. The lowest BCUT2D eigenvalue weighted by atomic mass is 10.1. The Balaban J connectivity index is 2.08. The van der Waals surface area contributed by atoms with Crippen LogP contribution >= 0.6 is 34.4 Å². The van der Waals surface area contributed by atoms with Crippen LogP contribution < -0.4 is 5.73 Å². The Bertz CT molecular complexity index is 859. The van der Waals surface area contributed by atoms with E-state index in [2.05, 4.69) is 16.9 Å². The van der Waals surface area contributed by atoms with E-state index in [9.17, 15) is 9.90 Å². The molecular weight excluding hydrogens is 362 g/mol. The van der Waals surface area contributed by atoms with E-state index >= 15 is 0 Å². The minimum Gasteiger partial charge on any atom is -0.477 e. The summed E-state index contributed by atoms with van der Waals surface area (Å²) >= 11 is 4.30. The first-order valence-corrected chi connectivity index (χ1v) is 10.3. The van der Waals surface area contributed by atoms with Crippen molar-refractivity contribution in [1.29, 1.82) is 0 Å². The molecule has 0 fully saturated rings. The molecule has 8 heteroatoms. The summed E-state index contributed by atoms with van der Waals surface area (Å²) < 4.78 is 0. The third-order valence-electron chi connectivity index (χ3n) is 3.54. The number of fused-ring (bicyclic) bond motifs is 1. The van der Waals surface area contributed by atoms with Crippen LogP contribution in [-0.2, 0) is 0 Å². The lowest BCUT2D eigenvalue weighted by Crippen LogP contribution is -1.98. The summed E-state index contributed by atoms with van der Waals surface area (Å²) in [5, 5.41) is 14.6. The number of rotatable bonds is 7. The van der Waals surface area contributed by atoms with Gasteiger partial charge in [0.05, 0.1) is 16.8 Å². The average Bonchev–Trinajstić information content (AvgIpc) is 3.19. The number of nitrogens with two attached hydrogens (primary N) is 1. The van der Waals surface area contributed by atoms with Crippen molar-refractivity contribution in [3.63, 3.8) is 0 Å². The number of anilines is 1. The molecular formula is C16H17N3O2S3. The topological polar surface area (TPSA) is 89.1 Å². The highest BCUT2D eigenvalue weighted by atomic mass is 32.2. The van der Waals surface area contributed by atoms with Gasteiger partial charge in [0, 0.05) is 16.7 Å². The van der Waals surface area contributed by atoms with E-state index in [1.165, 1.54) is 12.8 Å². The number of thioether (sulfide) groups is 1. The second kappa shape index (κ2) is 7.50.